The first-order valence-electron chi connectivity index (χ1n) is 5.81. The van der Waals surface area contributed by atoms with Gasteiger partial charge in [-0.1, -0.05) is 18.1 Å². The zero-order valence-corrected chi connectivity index (χ0v) is 9.25. The molecule has 2 rings (SSSR count). The summed E-state index contributed by atoms with van der Waals surface area (Å²) >= 11 is 0. The predicted molar refractivity (Wildman–Crippen MR) is 58.7 cm³/mol. The fourth-order valence-electron chi connectivity index (χ4n) is 2.98. The lowest BCUT2D eigenvalue weighted by Crippen LogP contribution is -2.41. The summed E-state index contributed by atoms with van der Waals surface area (Å²) in [5, 5.41) is 12.6. The Balaban J connectivity index is 2.31. The molecule has 0 aromatic heterocycles. The van der Waals surface area contributed by atoms with Gasteiger partial charge >= 0.3 is 5.97 Å². The van der Waals surface area contributed by atoms with Crippen LogP contribution in [0.2, 0.25) is 0 Å². The molecule has 0 aliphatic heterocycles. The molecule has 0 aromatic rings. The van der Waals surface area contributed by atoms with Crippen LogP contribution in [-0.2, 0) is 4.79 Å². The highest BCUT2D eigenvalue weighted by Crippen LogP contribution is 2.47. The number of nitrogens with one attached hydrogen (secondary N) is 1. The molecule has 2 atom stereocenters. The lowest BCUT2D eigenvalue weighted by Gasteiger charge is -2.40. The Bertz CT molecular complexity index is 298. The summed E-state index contributed by atoms with van der Waals surface area (Å²) in [6, 6.07) is 0.380. The summed E-state index contributed by atoms with van der Waals surface area (Å²) in [6.45, 7) is 0. The Kier molecular flexibility index (Phi) is 2.83. The molecular weight excluding hydrogens is 190 g/mol. The second-order valence-corrected chi connectivity index (χ2v) is 4.72. The van der Waals surface area contributed by atoms with Crippen molar-refractivity contribution in [2.24, 2.45) is 5.41 Å². The fourth-order valence-corrected chi connectivity index (χ4v) is 2.98. The first-order valence-corrected chi connectivity index (χ1v) is 5.81. The first kappa shape index (κ1) is 10.7. The highest BCUT2D eigenvalue weighted by molar-refractivity contribution is 5.79. The van der Waals surface area contributed by atoms with E-state index in [0.29, 0.717) is 6.04 Å². The van der Waals surface area contributed by atoms with Gasteiger partial charge in [0.1, 0.15) is 0 Å². The number of aliphatic carboxylic acids is 1. The minimum Gasteiger partial charge on any atom is -0.481 e. The van der Waals surface area contributed by atoms with Crippen molar-refractivity contribution in [1.82, 2.24) is 5.32 Å². The van der Waals surface area contributed by atoms with Gasteiger partial charge in [0.15, 0.2) is 0 Å². The van der Waals surface area contributed by atoms with Crippen molar-refractivity contribution in [3.05, 3.63) is 11.6 Å². The highest BCUT2D eigenvalue weighted by Gasteiger charge is 2.45. The molecule has 0 bridgehead atoms. The molecule has 2 unspecified atom stereocenters. The van der Waals surface area contributed by atoms with E-state index in [1.165, 1.54) is 5.57 Å². The van der Waals surface area contributed by atoms with Crippen LogP contribution < -0.4 is 5.32 Å². The van der Waals surface area contributed by atoms with E-state index in [2.05, 4.69) is 11.4 Å². The molecule has 84 valence electrons. The van der Waals surface area contributed by atoms with Crippen molar-refractivity contribution >= 4 is 5.97 Å². The van der Waals surface area contributed by atoms with Gasteiger partial charge in [-0.2, -0.15) is 0 Å². The van der Waals surface area contributed by atoms with Crippen molar-refractivity contribution in [2.45, 2.75) is 44.6 Å². The van der Waals surface area contributed by atoms with Gasteiger partial charge in [-0.15, -0.1) is 0 Å². The lowest BCUT2D eigenvalue weighted by molar-refractivity contribution is -0.148. The van der Waals surface area contributed by atoms with Gasteiger partial charge in [-0.05, 0) is 39.2 Å². The van der Waals surface area contributed by atoms with E-state index >= 15 is 0 Å². The number of carboxylic acids is 1. The molecule has 3 nitrogen and oxygen atoms in total. The number of hydrogen-bond acceptors (Lipinski definition) is 2. The maximum Gasteiger partial charge on any atom is 0.313 e. The molecule has 2 N–H and O–H groups in total. The Hall–Kier alpha value is -0.830. The summed E-state index contributed by atoms with van der Waals surface area (Å²) in [4.78, 5) is 11.4. The van der Waals surface area contributed by atoms with Crippen LogP contribution >= 0.6 is 0 Å². The third kappa shape index (κ3) is 1.69. The molecule has 15 heavy (non-hydrogen) atoms. The Morgan fingerprint density at radius 3 is 3.00 bits per heavy atom. The zero-order chi connectivity index (χ0) is 10.9. The number of carboxylic acid groups (broad SMARTS) is 1. The van der Waals surface area contributed by atoms with Gasteiger partial charge in [0.25, 0.3) is 0 Å². The fraction of sp³-hybridized carbons (Fsp3) is 0.750. The van der Waals surface area contributed by atoms with E-state index in [1.54, 1.807) is 0 Å². The van der Waals surface area contributed by atoms with E-state index in [0.717, 1.165) is 38.5 Å². The number of likely N-dealkylation sites (N-methyl/N-ethyl adjacent to an activating group) is 1. The van der Waals surface area contributed by atoms with Crippen LogP contribution in [0, 0.1) is 5.41 Å². The maximum atomic E-state index is 11.4. The molecule has 0 spiro atoms. The molecular formula is C12H19NO2. The summed E-state index contributed by atoms with van der Waals surface area (Å²) < 4.78 is 0. The summed E-state index contributed by atoms with van der Waals surface area (Å²) in [5.41, 5.74) is 0.665. The van der Waals surface area contributed by atoms with Crippen LogP contribution in [0.1, 0.15) is 38.5 Å². The average molecular weight is 209 g/mol. The SMILES string of the molecule is CNC1C=C2CCCCC2(C(=O)O)CC1. The van der Waals surface area contributed by atoms with E-state index in [-0.39, 0.29) is 0 Å². The Morgan fingerprint density at radius 1 is 1.53 bits per heavy atom. The molecule has 1 saturated carbocycles. The second-order valence-electron chi connectivity index (χ2n) is 4.72. The molecule has 0 amide bonds. The van der Waals surface area contributed by atoms with Crippen molar-refractivity contribution < 1.29 is 9.90 Å². The van der Waals surface area contributed by atoms with Crippen molar-refractivity contribution in [1.29, 1.82) is 0 Å². The Labute approximate surface area is 90.6 Å². The minimum absolute atomic E-state index is 0.380. The normalized spacial score (nSPS) is 35.5. The predicted octanol–water partition coefficient (Wildman–Crippen LogP) is 1.94. The average Bonchev–Trinajstić information content (AvgIpc) is 2.28. The second kappa shape index (κ2) is 3.97. The van der Waals surface area contributed by atoms with Crippen LogP contribution in [0.15, 0.2) is 11.6 Å². The van der Waals surface area contributed by atoms with E-state index < -0.39 is 11.4 Å². The van der Waals surface area contributed by atoms with E-state index in [9.17, 15) is 9.90 Å². The van der Waals surface area contributed by atoms with Crippen LogP contribution in [0.4, 0.5) is 0 Å². The van der Waals surface area contributed by atoms with Gasteiger partial charge in [0.05, 0.1) is 5.41 Å². The van der Waals surface area contributed by atoms with Crippen molar-refractivity contribution in [3.63, 3.8) is 0 Å². The van der Waals surface area contributed by atoms with Gasteiger partial charge in [0, 0.05) is 6.04 Å². The summed E-state index contributed by atoms with van der Waals surface area (Å²) in [5.74, 6) is -0.608. The van der Waals surface area contributed by atoms with E-state index in [4.69, 9.17) is 0 Å². The van der Waals surface area contributed by atoms with Crippen LogP contribution in [0.3, 0.4) is 0 Å². The van der Waals surface area contributed by atoms with E-state index in [1.807, 2.05) is 7.05 Å². The molecule has 3 heteroatoms. The zero-order valence-electron chi connectivity index (χ0n) is 9.25. The monoisotopic (exact) mass is 209 g/mol. The quantitative estimate of drug-likeness (QED) is 0.683. The van der Waals surface area contributed by atoms with Gasteiger partial charge in [-0.3, -0.25) is 4.79 Å². The topological polar surface area (TPSA) is 49.3 Å². The summed E-state index contributed by atoms with van der Waals surface area (Å²) in [6.07, 6.45) is 7.95. The largest absolute Gasteiger partial charge is 0.481 e. The first-order chi connectivity index (χ1) is 7.19. The van der Waals surface area contributed by atoms with Crippen LogP contribution in [0.5, 0.6) is 0 Å². The van der Waals surface area contributed by atoms with Crippen LogP contribution in [0.25, 0.3) is 0 Å². The summed E-state index contributed by atoms with van der Waals surface area (Å²) in [7, 11) is 1.94. The van der Waals surface area contributed by atoms with Crippen LogP contribution in [-0.4, -0.2) is 24.2 Å². The van der Waals surface area contributed by atoms with Gasteiger partial charge in [0.2, 0.25) is 0 Å². The molecule has 0 heterocycles. The number of hydrogen-bond donors (Lipinski definition) is 2. The third-order valence-electron chi connectivity index (χ3n) is 3.98. The molecule has 2 aliphatic rings. The molecule has 0 aromatic carbocycles. The number of rotatable bonds is 2. The maximum absolute atomic E-state index is 11.4. The molecule has 1 fully saturated rings. The molecule has 0 radical (unpaired) electrons. The molecule has 0 saturated heterocycles. The Morgan fingerprint density at radius 2 is 2.33 bits per heavy atom. The minimum atomic E-state index is -0.608. The van der Waals surface area contributed by atoms with Crippen molar-refractivity contribution in [2.75, 3.05) is 7.05 Å². The number of fused-ring (bicyclic) bond motifs is 1. The van der Waals surface area contributed by atoms with Gasteiger partial charge < -0.3 is 10.4 Å². The smallest absolute Gasteiger partial charge is 0.313 e. The van der Waals surface area contributed by atoms with Gasteiger partial charge in [-0.25, -0.2) is 0 Å². The standard InChI is InChI=1S/C12H19NO2/c1-13-10-5-7-12(11(14)15)6-3-2-4-9(12)8-10/h8,10,13H,2-7H2,1H3,(H,14,15). The number of carbonyl (C=O) groups is 1. The molecule has 2 aliphatic carbocycles. The lowest BCUT2D eigenvalue weighted by atomic mass is 9.64. The third-order valence-corrected chi connectivity index (χ3v) is 3.98. The highest BCUT2D eigenvalue weighted by atomic mass is 16.4. The van der Waals surface area contributed by atoms with Crippen molar-refractivity contribution in [3.8, 4) is 0 Å².